The van der Waals surface area contributed by atoms with Crippen LogP contribution in [0.15, 0.2) is 24.3 Å². The van der Waals surface area contributed by atoms with Crippen molar-refractivity contribution in [3.8, 4) is 0 Å². The molecule has 12 heavy (non-hydrogen) atoms. The number of hydrogen-bond donors (Lipinski definition) is 1. The molecule has 1 nitrogen and oxygen atoms in total. The third-order valence-electron chi connectivity index (χ3n) is 3.99. The van der Waals surface area contributed by atoms with Gasteiger partial charge in [0.05, 0.1) is 0 Å². The van der Waals surface area contributed by atoms with Gasteiger partial charge >= 0.3 is 0 Å². The fourth-order valence-corrected chi connectivity index (χ4v) is 3.04. The zero-order chi connectivity index (χ0) is 7.76. The fourth-order valence-electron chi connectivity index (χ4n) is 3.04. The average molecular weight is 157 g/mol. The Balaban J connectivity index is 1.92. The number of benzene rings is 1. The summed E-state index contributed by atoms with van der Waals surface area (Å²) in [5, 5.41) is 3.54. The molecule has 1 N–H and O–H groups in total. The van der Waals surface area contributed by atoms with Crippen molar-refractivity contribution < 1.29 is 0 Å². The van der Waals surface area contributed by atoms with Crippen LogP contribution in [0.2, 0.25) is 0 Å². The Bertz CT molecular complexity index is 371. The van der Waals surface area contributed by atoms with Gasteiger partial charge in [0, 0.05) is 12.2 Å². The largest absolute Gasteiger partial charge is 0.384 e. The van der Waals surface area contributed by atoms with Crippen molar-refractivity contribution in [3.05, 3.63) is 29.8 Å². The number of fused-ring (bicyclic) bond motifs is 3. The van der Waals surface area contributed by atoms with E-state index < -0.39 is 0 Å². The Labute approximate surface area is 71.8 Å². The second-order valence-electron chi connectivity index (χ2n) is 4.46. The molecular weight excluding hydrogens is 146 g/mol. The maximum atomic E-state index is 3.54. The molecule has 0 radical (unpaired) electrons. The van der Waals surface area contributed by atoms with E-state index in [1.165, 1.54) is 18.7 Å². The van der Waals surface area contributed by atoms with Crippen LogP contribution in [0.5, 0.6) is 0 Å². The van der Waals surface area contributed by atoms with Gasteiger partial charge in [-0.05, 0) is 35.3 Å². The lowest BCUT2D eigenvalue weighted by atomic mass is 9.92. The third kappa shape index (κ3) is 0.423. The highest BCUT2D eigenvalue weighted by Crippen LogP contribution is 2.85. The van der Waals surface area contributed by atoms with Gasteiger partial charge in [-0.25, -0.2) is 0 Å². The Morgan fingerprint density at radius 1 is 1.33 bits per heavy atom. The van der Waals surface area contributed by atoms with Crippen molar-refractivity contribution in [2.24, 2.45) is 11.3 Å². The average Bonchev–Trinajstić information content (AvgIpc) is 2.91. The molecule has 2 fully saturated rings. The van der Waals surface area contributed by atoms with E-state index in [4.69, 9.17) is 0 Å². The van der Waals surface area contributed by atoms with E-state index in [9.17, 15) is 0 Å². The molecule has 2 aliphatic carbocycles. The number of anilines is 1. The van der Waals surface area contributed by atoms with E-state index in [1.54, 1.807) is 5.56 Å². The van der Waals surface area contributed by atoms with E-state index in [2.05, 4.69) is 29.6 Å². The summed E-state index contributed by atoms with van der Waals surface area (Å²) in [4.78, 5) is 0. The minimum absolute atomic E-state index is 0.744. The normalized spacial score (nSPS) is 45.0. The molecule has 3 atom stereocenters. The van der Waals surface area contributed by atoms with Gasteiger partial charge in [0.1, 0.15) is 0 Å². The summed E-state index contributed by atoms with van der Waals surface area (Å²) in [6.07, 6.45) is 1.49. The van der Waals surface area contributed by atoms with Crippen LogP contribution in [0.3, 0.4) is 0 Å². The van der Waals surface area contributed by atoms with E-state index in [-0.39, 0.29) is 0 Å². The van der Waals surface area contributed by atoms with Crippen molar-refractivity contribution in [1.82, 2.24) is 0 Å². The number of nitrogens with one attached hydrogen (secondary N) is 1. The standard InChI is InChI=1S/C11H11N/c1-2-4-9-7(3-1)10-8-5-11(8,10)6-12-9/h1-4,8,10,12H,5-6H2. The lowest BCUT2D eigenvalue weighted by molar-refractivity contribution is 0.593. The molecule has 3 aliphatic rings. The molecule has 1 spiro atoms. The van der Waals surface area contributed by atoms with Gasteiger partial charge in [-0.1, -0.05) is 18.2 Å². The molecule has 1 aromatic carbocycles. The first-order valence-electron chi connectivity index (χ1n) is 4.75. The van der Waals surface area contributed by atoms with Crippen LogP contribution in [-0.4, -0.2) is 6.54 Å². The molecule has 60 valence electrons. The summed E-state index contributed by atoms with van der Waals surface area (Å²) < 4.78 is 0. The molecule has 0 saturated heterocycles. The predicted molar refractivity (Wildman–Crippen MR) is 48.2 cm³/mol. The Hall–Kier alpha value is -0.980. The summed E-state index contributed by atoms with van der Waals surface area (Å²) in [5.41, 5.74) is 3.72. The first-order chi connectivity index (χ1) is 5.92. The molecule has 3 unspecified atom stereocenters. The van der Waals surface area contributed by atoms with Gasteiger partial charge in [0.25, 0.3) is 0 Å². The molecule has 0 bridgehead atoms. The summed E-state index contributed by atoms with van der Waals surface area (Å²) in [6.45, 7) is 1.24. The van der Waals surface area contributed by atoms with E-state index in [1.807, 2.05) is 0 Å². The predicted octanol–water partition coefficient (Wildman–Crippen LogP) is 2.22. The monoisotopic (exact) mass is 157 g/mol. The van der Waals surface area contributed by atoms with Gasteiger partial charge < -0.3 is 5.32 Å². The molecule has 1 aromatic rings. The summed E-state index contributed by atoms with van der Waals surface area (Å²) in [7, 11) is 0. The molecule has 1 heteroatoms. The van der Waals surface area contributed by atoms with Crippen LogP contribution in [0.25, 0.3) is 0 Å². The van der Waals surface area contributed by atoms with Crippen LogP contribution in [0.4, 0.5) is 5.69 Å². The fraction of sp³-hybridized carbons (Fsp3) is 0.455. The number of hydrogen-bond acceptors (Lipinski definition) is 1. The van der Waals surface area contributed by atoms with Crippen LogP contribution >= 0.6 is 0 Å². The van der Waals surface area contributed by atoms with E-state index in [0.717, 1.165) is 17.3 Å². The molecular formula is C11H11N. The highest BCUT2D eigenvalue weighted by molar-refractivity contribution is 5.63. The number of para-hydroxylation sites is 1. The second kappa shape index (κ2) is 1.41. The Morgan fingerprint density at radius 3 is 3.17 bits per heavy atom. The van der Waals surface area contributed by atoms with Crippen molar-refractivity contribution in [3.63, 3.8) is 0 Å². The SMILES string of the molecule is c1ccc2c(c1)NCC13CC1C23. The lowest BCUT2D eigenvalue weighted by Crippen LogP contribution is -2.18. The third-order valence-corrected chi connectivity index (χ3v) is 3.99. The molecule has 1 heterocycles. The zero-order valence-electron chi connectivity index (χ0n) is 6.88. The van der Waals surface area contributed by atoms with Gasteiger partial charge in [-0.15, -0.1) is 0 Å². The van der Waals surface area contributed by atoms with Crippen molar-refractivity contribution in [1.29, 1.82) is 0 Å². The summed E-state index contributed by atoms with van der Waals surface area (Å²) in [5.74, 6) is 1.99. The number of rotatable bonds is 0. The molecule has 0 aromatic heterocycles. The van der Waals surface area contributed by atoms with Crippen molar-refractivity contribution in [2.45, 2.75) is 12.3 Å². The maximum Gasteiger partial charge on any atom is 0.0376 e. The maximum absolute atomic E-state index is 3.54. The zero-order valence-corrected chi connectivity index (χ0v) is 6.88. The van der Waals surface area contributed by atoms with Gasteiger partial charge in [-0.2, -0.15) is 0 Å². The van der Waals surface area contributed by atoms with Crippen molar-refractivity contribution in [2.75, 3.05) is 11.9 Å². The molecule has 0 amide bonds. The van der Waals surface area contributed by atoms with Crippen LogP contribution in [0.1, 0.15) is 17.9 Å². The summed E-state index contributed by atoms with van der Waals surface area (Å²) >= 11 is 0. The topological polar surface area (TPSA) is 12.0 Å². The van der Waals surface area contributed by atoms with Gasteiger partial charge in [0.2, 0.25) is 0 Å². The van der Waals surface area contributed by atoms with E-state index in [0.29, 0.717) is 0 Å². The highest BCUT2D eigenvalue weighted by Gasteiger charge is 2.79. The molecule has 2 saturated carbocycles. The smallest absolute Gasteiger partial charge is 0.0376 e. The quantitative estimate of drug-likeness (QED) is 0.609. The molecule has 4 rings (SSSR count). The van der Waals surface area contributed by atoms with Crippen LogP contribution in [-0.2, 0) is 0 Å². The van der Waals surface area contributed by atoms with Gasteiger partial charge in [-0.3, -0.25) is 0 Å². The van der Waals surface area contributed by atoms with Crippen LogP contribution in [0, 0.1) is 11.3 Å². The first kappa shape index (κ1) is 5.63. The van der Waals surface area contributed by atoms with Crippen LogP contribution < -0.4 is 5.32 Å². The second-order valence-corrected chi connectivity index (χ2v) is 4.46. The minimum atomic E-state index is 0.744. The van der Waals surface area contributed by atoms with E-state index >= 15 is 0 Å². The van der Waals surface area contributed by atoms with Crippen molar-refractivity contribution >= 4 is 5.69 Å². The Morgan fingerprint density at radius 2 is 2.25 bits per heavy atom. The first-order valence-corrected chi connectivity index (χ1v) is 4.75. The minimum Gasteiger partial charge on any atom is -0.384 e. The summed E-state index contributed by atoms with van der Waals surface area (Å²) in [6, 6.07) is 8.79. The highest BCUT2D eigenvalue weighted by atomic mass is 15.0. The lowest BCUT2D eigenvalue weighted by Gasteiger charge is -2.23. The Kier molecular flexibility index (Phi) is 0.663. The molecule has 1 aliphatic heterocycles. The van der Waals surface area contributed by atoms with Gasteiger partial charge in [0.15, 0.2) is 0 Å².